The summed E-state index contributed by atoms with van der Waals surface area (Å²) in [4.78, 5) is 11.2. The highest BCUT2D eigenvalue weighted by molar-refractivity contribution is 9.10. The van der Waals surface area contributed by atoms with Gasteiger partial charge in [0.2, 0.25) is 0 Å². The highest BCUT2D eigenvalue weighted by atomic mass is 79.9. The standard InChI is InChI=1S/C15H17BrN2O2/c1-4-10-5-7-11(8-6-10)14-12(16)13(15(19)20)17-18(14)9(2)3/h5-9H,4H2,1-3H3,(H,19,20). The van der Waals surface area contributed by atoms with Crippen molar-refractivity contribution < 1.29 is 9.90 Å². The molecule has 0 bridgehead atoms. The molecule has 1 aromatic heterocycles. The lowest BCUT2D eigenvalue weighted by atomic mass is 10.1. The van der Waals surface area contributed by atoms with Crippen molar-refractivity contribution in [2.45, 2.75) is 33.2 Å². The van der Waals surface area contributed by atoms with Gasteiger partial charge in [0.25, 0.3) is 0 Å². The van der Waals surface area contributed by atoms with Crippen molar-refractivity contribution in [3.63, 3.8) is 0 Å². The summed E-state index contributed by atoms with van der Waals surface area (Å²) in [5.74, 6) is -1.03. The van der Waals surface area contributed by atoms with Crippen molar-refractivity contribution in [3.8, 4) is 11.3 Å². The zero-order valence-electron chi connectivity index (χ0n) is 11.7. The quantitative estimate of drug-likeness (QED) is 0.912. The molecule has 0 atom stereocenters. The summed E-state index contributed by atoms with van der Waals surface area (Å²) in [6.07, 6.45) is 0.977. The molecule has 0 fully saturated rings. The van der Waals surface area contributed by atoms with Gasteiger partial charge in [0, 0.05) is 11.6 Å². The summed E-state index contributed by atoms with van der Waals surface area (Å²) < 4.78 is 2.28. The van der Waals surface area contributed by atoms with Gasteiger partial charge in [0.1, 0.15) is 0 Å². The van der Waals surface area contributed by atoms with Gasteiger partial charge in [-0.25, -0.2) is 4.79 Å². The van der Waals surface area contributed by atoms with E-state index in [1.807, 2.05) is 26.0 Å². The molecule has 0 unspecified atom stereocenters. The minimum Gasteiger partial charge on any atom is -0.476 e. The van der Waals surface area contributed by atoms with Crippen LogP contribution in [0.15, 0.2) is 28.7 Å². The lowest BCUT2D eigenvalue weighted by molar-refractivity contribution is 0.0688. The summed E-state index contributed by atoms with van der Waals surface area (Å²) in [5.41, 5.74) is 3.06. The average Bonchev–Trinajstić information content (AvgIpc) is 2.77. The molecule has 1 N–H and O–H groups in total. The van der Waals surface area contributed by atoms with Crippen LogP contribution in [0, 0.1) is 0 Å². The predicted octanol–water partition coefficient (Wildman–Crippen LogP) is 4.15. The number of rotatable bonds is 4. The second-order valence-electron chi connectivity index (χ2n) is 4.91. The Morgan fingerprint density at radius 3 is 2.40 bits per heavy atom. The molecule has 0 radical (unpaired) electrons. The van der Waals surface area contributed by atoms with Crippen LogP contribution in [-0.4, -0.2) is 20.9 Å². The maximum absolute atomic E-state index is 11.2. The zero-order chi connectivity index (χ0) is 14.9. The first-order valence-electron chi connectivity index (χ1n) is 6.56. The molecule has 0 amide bonds. The molecule has 0 aliphatic rings. The van der Waals surface area contributed by atoms with E-state index in [9.17, 15) is 9.90 Å². The van der Waals surface area contributed by atoms with Crippen LogP contribution in [0.1, 0.15) is 42.9 Å². The molecular formula is C15H17BrN2O2. The minimum absolute atomic E-state index is 0.0493. The Kier molecular flexibility index (Phi) is 4.28. The van der Waals surface area contributed by atoms with E-state index in [2.05, 4.69) is 40.1 Å². The van der Waals surface area contributed by atoms with Gasteiger partial charge in [-0.15, -0.1) is 0 Å². The number of aromatic carboxylic acids is 1. The van der Waals surface area contributed by atoms with Gasteiger partial charge in [0.15, 0.2) is 5.69 Å². The van der Waals surface area contributed by atoms with Crippen molar-refractivity contribution >= 4 is 21.9 Å². The van der Waals surface area contributed by atoms with Crippen molar-refractivity contribution in [1.82, 2.24) is 9.78 Å². The van der Waals surface area contributed by atoms with Gasteiger partial charge < -0.3 is 5.11 Å². The molecule has 106 valence electrons. The molecular weight excluding hydrogens is 320 g/mol. The number of nitrogens with zero attached hydrogens (tertiary/aromatic N) is 2. The second-order valence-corrected chi connectivity index (χ2v) is 5.70. The molecule has 0 aliphatic carbocycles. The summed E-state index contributed by atoms with van der Waals surface area (Å²) in [5, 5.41) is 13.4. The predicted molar refractivity (Wildman–Crippen MR) is 82.1 cm³/mol. The smallest absolute Gasteiger partial charge is 0.357 e. The van der Waals surface area contributed by atoms with Crippen LogP contribution in [0.25, 0.3) is 11.3 Å². The van der Waals surface area contributed by atoms with E-state index in [0.29, 0.717) is 4.47 Å². The minimum atomic E-state index is -1.03. The van der Waals surface area contributed by atoms with Gasteiger partial charge in [-0.2, -0.15) is 5.10 Å². The van der Waals surface area contributed by atoms with E-state index < -0.39 is 5.97 Å². The molecule has 4 nitrogen and oxygen atoms in total. The number of hydrogen-bond acceptors (Lipinski definition) is 2. The molecule has 2 aromatic rings. The number of carboxylic acids is 1. The van der Waals surface area contributed by atoms with Crippen LogP contribution >= 0.6 is 15.9 Å². The molecule has 20 heavy (non-hydrogen) atoms. The monoisotopic (exact) mass is 336 g/mol. The number of aryl methyl sites for hydroxylation is 1. The fourth-order valence-electron chi connectivity index (χ4n) is 2.08. The van der Waals surface area contributed by atoms with Gasteiger partial charge >= 0.3 is 5.97 Å². The van der Waals surface area contributed by atoms with Crippen molar-refractivity contribution in [1.29, 1.82) is 0 Å². The summed E-state index contributed by atoms with van der Waals surface area (Å²) in [7, 11) is 0. The van der Waals surface area contributed by atoms with E-state index in [1.54, 1.807) is 4.68 Å². The third-order valence-electron chi connectivity index (χ3n) is 3.18. The number of carboxylic acid groups (broad SMARTS) is 1. The highest BCUT2D eigenvalue weighted by Crippen LogP contribution is 2.33. The van der Waals surface area contributed by atoms with E-state index >= 15 is 0 Å². The van der Waals surface area contributed by atoms with Gasteiger partial charge in [-0.1, -0.05) is 31.2 Å². The third-order valence-corrected chi connectivity index (χ3v) is 3.93. The van der Waals surface area contributed by atoms with Crippen molar-refractivity contribution in [3.05, 3.63) is 40.0 Å². The number of halogens is 1. The molecule has 1 aromatic carbocycles. The Morgan fingerprint density at radius 1 is 1.35 bits per heavy atom. The summed E-state index contributed by atoms with van der Waals surface area (Å²) >= 11 is 3.38. The Hall–Kier alpha value is -1.62. The molecule has 0 saturated carbocycles. The molecule has 2 rings (SSSR count). The fraction of sp³-hybridized carbons (Fsp3) is 0.333. The van der Waals surface area contributed by atoms with Gasteiger partial charge in [-0.05, 0) is 41.8 Å². The second kappa shape index (κ2) is 5.79. The van der Waals surface area contributed by atoms with Gasteiger partial charge in [0.05, 0.1) is 10.2 Å². The van der Waals surface area contributed by atoms with Crippen LogP contribution < -0.4 is 0 Å². The number of carbonyl (C=O) groups is 1. The average molecular weight is 337 g/mol. The van der Waals surface area contributed by atoms with Crippen LogP contribution in [0.4, 0.5) is 0 Å². The number of aromatic nitrogens is 2. The van der Waals surface area contributed by atoms with Crippen LogP contribution in [0.2, 0.25) is 0 Å². The normalized spacial score (nSPS) is 11.1. The Labute approximate surface area is 126 Å². The first kappa shape index (κ1) is 14.8. The van der Waals surface area contributed by atoms with Gasteiger partial charge in [-0.3, -0.25) is 4.68 Å². The Bertz CT molecular complexity index is 630. The molecule has 0 aliphatic heterocycles. The van der Waals surface area contributed by atoms with E-state index in [0.717, 1.165) is 17.7 Å². The number of hydrogen-bond donors (Lipinski definition) is 1. The summed E-state index contributed by atoms with van der Waals surface area (Å²) in [6, 6.07) is 8.20. The first-order valence-corrected chi connectivity index (χ1v) is 7.35. The van der Waals surface area contributed by atoms with Crippen molar-refractivity contribution in [2.75, 3.05) is 0 Å². The third kappa shape index (κ3) is 2.63. The zero-order valence-corrected chi connectivity index (χ0v) is 13.3. The fourth-order valence-corrected chi connectivity index (χ4v) is 2.74. The topological polar surface area (TPSA) is 55.1 Å². The van der Waals surface area contributed by atoms with Crippen molar-refractivity contribution in [2.24, 2.45) is 0 Å². The summed E-state index contributed by atoms with van der Waals surface area (Å²) in [6.45, 7) is 6.07. The first-order chi connectivity index (χ1) is 9.45. The molecule has 5 heteroatoms. The van der Waals surface area contributed by atoms with E-state index in [1.165, 1.54) is 5.56 Å². The SMILES string of the molecule is CCc1ccc(-c2c(Br)c(C(=O)O)nn2C(C)C)cc1. The Morgan fingerprint density at radius 2 is 1.95 bits per heavy atom. The molecule has 0 spiro atoms. The van der Waals surface area contributed by atoms with Crippen LogP contribution in [-0.2, 0) is 6.42 Å². The van der Waals surface area contributed by atoms with E-state index in [-0.39, 0.29) is 11.7 Å². The lowest BCUT2D eigenvalue weighted by Gasteiger charge is -2.11. The highest BCUT2D eigenvalue weighted by Gasteiger charge is 2.23. The lowest BCUT2D eigenvalue weighted by Crippen LogP contribution is -2.06. The molecule has 0 saturated heterocycles. The maximum atomic E-state index is 11.2. The van der Waals surface area contributed by atoms with Crippen LogP contribution in [0.3, 0.4) is 0 Å². The van der Waals surface area contributed by atoms with Crippen LogP contribution in [0.5, 0.6) is 0 Å². The van der Waals surface area contributed by atoms with E-state index in [4.69, 9.17) is 0 Å². The number of benzene rings is 1. The molecule has 1 heterocycles. The largest absolute Gasteiger partial charge is 0.476 e. The maximum Gasteiger partial charge on any atom is 0.357 e. The Balaban J connectivity index is 2.61.